The van der Waals surface area contributed by atoms with Crippen LogP contribution >= 0.6 is 11.3 Å². The van der Waals surface area contributed by atoms with Gasteiger partial charge in [0.1, 0.15) is 0 Å². The molecule has 5 nitrogen and oxygen atoms in total. The van der Waals surface area contributed by atoms with Crippen molar-refractivity contribution in [1.82, 2.24) is 9.71 Å². The van der Waals surface area contributed by atoms with E-state index >= 15 is 0 Å². The van der Waals surface area contributed by atoms with Crippen molar-refractivity contribution in [2.24, 2.45) is 5.73 Å². The van der Waals surface area contributed by atoms with Gasteiger partial charge in [0.25, 0.3) is 0 Å². The van der Waals surface area contributed by atoms with Crippen molar-refractivity contribution >= 4 is 21.4 Å². The lowest BCUT2D eigenvalue weighted by Gasteiger charge is -2.07. The molecule has 0 fully saturated rings. The second-order valence-corrected chi connectivity index (χ2v) is 6.78. The van der Waals surface area contributed by atoms with Crippen LogP contribution in [0.15, 0.2) is 34.7 Å². The van der Waals surface area contributed by atoms with E-state index in [9.17, 15) is 8.42 Å². The Morgan fingerprint density at radius 2 is 2.16 bits per heavy atom. The summed E-state index contributed by atoms with van der Waals surface area (Å²) in [5.41, 5.74) is 7.24. The predicted octanol–water partition coefficient (Wildman–Crippen LogP) is 1.39. The molecule has 0 unspecified atom stereocenters. The van der Waals surface area contributed by atoms with Crippen LogP contribution in [0.4, 0.5) is 0 Å². The Morgan fingerprint density at radius 3 is 2.79 bits per heavy atom. The topological polar surface area (TPSA) is 85.1 Å². The molecule has 19 heavy (non-hydrogen) atoms. The lowest BCUT2D eigenvalue weighted by atomic mass is 10.2. The largest absolute Gasteiger partial charge is 0.326 e. The minimum atomic E-state index is -3.52. The lowest BCUT2D eigenvalue weighted by molar-refractivity contribution is 0.580. The van der Waals surface area contributed by atoms with Gasteiger partial charge in [0.15, 0.2) is 0 Å². The van der Waals surface area contributed by atoms with E-state index in [0.29, 0.717) is 4.88 Å². The van der Waals surface area contributed by atoms with Gasteiger partial charge in [0, 0.05) is 29.9 Å². The molecule has 2 heterocycles. The van der Waals surface area contributed by atoms with Crippen molar-refractivity contribution in [3.63, 3.8) is 0 Å². The van der Waals surface area contributed by atoms with Gasteiger partial charge in [-0.2, -0.15) is 0 Å². The number of pyridine rings is 1. The van der Waals surface area contributed by atoms with E-state index in [1.165, 1.54) is 11.3 Å². The molecule has 0 radical (unpaired) electrons. The summed E-state index contributed by atoms with van der Waals surface area (Å²) in [7, 11) is -3.52. The molecule has 102 valence electrons. The molecule has 2 rings (SSSR count). The highest BCUT2D eigenvalue weighted by Gasteiger charge is 2.18. The first kappa shape index (κ1) is 14.1. The van der Waals surface area contributed by atoms with Crippen LogP contribution in [0.1, 0.15) is 16.1 Å². The second-order valence-electron chi connectivity index (χ2n) is 4.04. The van der Waals surface area contributed by atoms with Gasteiger partial charge in [0.05, 0.1) is 4.90 Å². The fourth-order valence-corrected chi connectivity index (χ4v) is 3.93. The monoisotopic (exact) mass is 297 g/mol. The zero-order chi connectivity index (χ0) is 13.9. The average Bonchev–Trinajstić information content (AvgIpc) is 2.87. The fourth-order valence-electron chi connectivity index (χ4n) is 1.58. The molecular formula is C12H15N3O2S2. The van der Waals surface area contributed by atoms with Gasteiger partial charge in [0.2, 0.25) is 10.0 Å². The van der Waals surface area contributed by atoms with Crippen molar-refractivity contribution in [1.29, 1.82) is 0 Å². The summed E-state index contributed by atoms with van der Waals surface area (Å²) in [6.45, 7) is 2.32. The third kappa shape index (κ3) is 3.38. The normalized spacial score (nSPS) is 11.7. The highest BCUT2D eigenvalue weighted by molar-refractivity contribution is 7.89. The molecule has 3 N–H and O–H groups in total. The summed E-state index contributed by atoms with van der Waals surface area (Å²) in [4.78, 5) is 5.05. The lowest BCUT2D eigenvalue weighted by Crippen LogP contribution is -2.24. The van der Waals surface area contributed by atoms with Crippen molar-refractivity contribution in [2.45, 2.75) is 24.9 Å². The molecule has 0 spiro atoms. The van der Waals surface area contributed by atoms with Crippen LogP contribution in [0.5, 0.6) is 0 Å². The summed E-state index contributed by atoms with van der Waals surface area (Å²) >= 11 is 1.34. The molecule has 0 aromatic carbocycles. The van der Waals surface area contributed by atoms with Gasteiger partial charge in [-0.25, -0.2) is 13.1 Å². The predicted molar refractivity (Wildman–Crippen MR) is 75.2 cm³/mol. The maximum Gasteiger partial charge on any atom is 0.242 e. The SMILES string of the molecule is Cc1ccc(CNS(=O)(=O)c2ccsc2CN)cn1. The molecule has 0 bridgehead atoms. The van der Waals surface area contributed by atoms with Gasteiger partial charge in [-0.1, -0.05) is 6.07 Å². The minimum Gasteiger partial charge on any atom is -0.326 e. The summed E-state index contributed by atoms with van der Waals surface area (Å²) in [6.07, 6.45) is 1.66. The second kappa shape index (κ2) is 5.79. The van der Waals surface area contributed by atoms with Gasteiger partial charge >= 0.3 is 0 Å². The van der Waals surface area contributed by atoms with Crippen LogP contribution in [0, 0.1) is 6.92 Å². The maximum absolute atomic E-state index is 12.1. The molecule has 0 aliphatic rings. The summed E-state index contributed by atoms with van der Waals surface area (Å²) in [6, 6.07) is 5.27. The molecule has 2 aromatic heterocycles. The van der Waals surface area contributed by atoms with E-state index in [-0.39, 0.29) is 18.0 Å². The number of aromatic nitrogens is 1. The zero-order valence-electron chi connectivity index (χ0n) is 10.5. The number of nitrogens with zero attached hydrogens (tertiary/aromatic N) is 1. The molecule has 2 aromatic rings. The Bertz CT molecular complexity index is 648. The number of sulfonamides is 1. The molecule has 0 saturated heterocycles. The van der Waals surface area contributed by atoms with Crippen LogP contribution in [0.3, 0.4) is 0 Å². The third-order valence-corrected chi connectivity index (χ3v) is 5.18. The first-order chi connectivity index (χ1) is 9.03. The number of rotatable bonds is 5. The number of nitrogens with two attached hydrogens (primary N) is 1. The Balaban J connectivity index is 2.12. The van der Waals surface area contributed by atoms with Gasteiger partial charge in [-0.3, -0.25) is 4.98 Å². The summed E-state index contributed by atoms with van der Waals surface area (Å²) in [5, 5.41) is 1.73. The molecule has 0 aliphatic carbocycles. The Kier molecular flexibility index (Phi) is 4.31. The van der Waals surface area contributed by atoms with E-state index in [2.05, 4.69) is 9.71 Å². The van der Waals surface area contributed by atoms with Crippen molar-refractivity contribution in [2.75, 3.05) is 0 Å². The molecule has 0 atom stereocenters. The number of aryl methyl sites for hydroxylation is 1. The van der Waals surface area contributed by atoms with E-state index in [4.69, 9.17) is 5.73 Å². The van der Waals surface area contributed by atoms with E-state index < -0.39 is 10.0 Å². The smallest absolute Gasteiger partial charge is 0.242 e. The number of hydrogen-bond donors (Lipinski definition) is 2. The molecule has 0 saturated carbocycles. The van der Waals surface area contributed by atoms with Gasteiger partial charge < -0.3 is 5.73 Å². The van der Waals surface area contributed by atoms with E-state index in [1.54, 1.807) is 17.6 Å². The number of nitrogens with one attached hydrogen (secondary N) is 1. The van der Waals surface area contributed by atoms with Gasteiger partial charge in [-0.15, -0.1) is 11.3 Å². The fraction of sp³-hybridized carbons (Fsp3) is 0.250. The Morgan fingerprint density at radius 1 is 1.37 bits per heavy atom. The molecular weight excluding hydrogens is 282 g/mol. The first-order valence-electron chi connectivity index (χ1n) is 5.70. The van der Waals surface area contributed by atoms with Crippen molar-refractivity contribution in [3.8, 4) is 0 Å². The zero-order valence-corrected chi connectivity index (χ0v) is 12.1. The van der Waals surface area contributed by atoms with Crippen LogP contribution in [-0.2, 0) is 23.1 Å². The van der Waals surface area contributed by atoms with Crippen molar-refractivity contribution < 1.29 is 8.42 Å². The standard InChI is InChI=1S/C12H15N3O2S2/c1-9-2-3-10(7-14-9)8-15-19(16,17)12-4-5-18-11(12)6-13/h2-5,7,15H,6,8,13H2,1H3. The first-order valence-corrected chi connectivity index (χ1v) is 8.07. The van der Waals surface area contributed by atoms with Crippen molar-refractivity contribution in [3.05, 3.63) is 45.9 Å². The van der Waals surface area contributed by atoms with Crippen LogP contribution in [0.2, 0.25) is 0 Å². The minimum absolute atomic E-state index is 0.218. The molecule has 0 amide bonds. The van der Waals surface area contributed by atoms with E-state index in [1.807, 2.05) is 19.1 Å². The number of thiophene rings is 1. The summed E-state index contributed by atoms with van der Waals surface area (Å²) in [5.74, 6) is 0. The molecule has 0 aliphatic heterocycles. The Hall–Kier alpha value is -1.28. The molecule has 7 heteroatoms. The highest BCUT2D eigenvalue weighted by Crippen LogP contribution is 2.21. The van der Waals surface area contributed by atoms with Crippen LogP contribution < -0.4 is 10.5 Å². The number of hydrogen-bond acceptors (Lipinski definition) is 5. The highest BCUT2D eigenvalue weighted by atomic mass is 32.2. The Labute approximate surface area is 116 Å². The maximum atomic E-state index is 12.1. The third-order valence-electron chi connectivity index (χ3n) is 2.62. The van der Waals surface area contributed by atoms with Crippen LogP contribution in [-0.4, -0.2) is 13.4 Å². The van der Waals surface area contributed by atoms with E-state index in [0.717, 1.165) is 11.3 Å². The summed E-state index contributed by atoms with van der Waals surface area (Å²) < 4.78 is 26.8. The van der Waals surface area contributed by atoms with Crippen LogP contribution in [0.25, 0.3) is 0 Å². The average molecular weight is 297 g/mol. The quantitative estimate of drug-likeness (QED) is 0.873. The van der Waals surface area contributed by atoms with Gasteiger partial charge in [-0.05, 0) is 30.0 Å².